The van der Waals surface area contributed by atoms with Crippen LogP contribution >= 0.6 is 0 Å². The van der Waals surface area contributed by atoms with E-state index in [1.54, 1.807) is 34.4 Å². The molecule has 0 spiro atoms. The first-order valence-electron chi connectivity index (χ1n) is 9.58. The van der Waals surface area contributed by atoms with Crippen molar-refractivity contribution in [3.8, 4) is 11.6 Å². The molecule has 3 aromatic rings. The van der Waals surface area contributed by atoms with Gasteiger partial charge in [-0.3, -0.25) is 9.48 Å². The molecular weight excluding hydrogens is 372 g/mol. The Kier molecular flexibility index (Phi) is 4.96. The predicted molar refractivity (Wildman–Crippen MR) is 106 cm³/mol. The first-order valence-corrected chi connectivity index (χ1v) is 9.58. The number of hydrogen-bond donors (Lipinski definition) is 0. The maximum Gasteiger partial charge on any atom is 0.350 e. The molecule has 9 nitrogen and oxygen atoms in total. The number of hydrogen-bond acceptors (Lipinski definition) is 5. The van der Waals surface area contributed by atoms with E-state index in [1.165, 1.54) is 11.8 Å². The van der Waals surface area contributed by atoms with Crippen molar-refractivity contribution in [1.82, 2.24) is 29.0 Å². The second kappa shape index (κ2) is 7.57. The fourth-order valence-corrected chi connectivity index (χ4v) is 3.88. The molecule has 29 heavy (non-hydrogen) atoms. The molecule has 0 bridgehead atoms. The summed E-state index contributed by atoms with van der Waals surface area (Å²) in [7, 11) is 4.91. The summed E-state index contributed by atoms with van der Waals surface area (Å²) in [6.07, 6.45) is 3.36. The van der Waals surface area contributed by atoms with Crippen molar-refractivity contribution in [2.24, 2.45) is 14.1 Å². The number of rotatable bonds is 4. The Morgan fingerprint density at radius 2 is 1.93 bits per heavy atom. The third-order valence-electron chi connectivity index (χ3n) is 5.26. The van der Waals surface area contributed by atoms with E-state index in [0.29, 0.717) is 30.4 Å². The molecule has 0 saturated carbocycles. The zero-order valence-electron chi connectivity index (χ0n) is 16.8. The molecule has 1 amide bonds. The summed E-state index contributed by atoms with van der Waals surface area (Å²) in [5.41, 5.74) is 1.03. The number of nitrogens with zero attached hydrogens (tertiary/aromatic N) is 6. The quantitative estimate of drug-likeness (QED) is 0.664. The summed E-state index contributed by atoms with van der Waals surface area (Å²) in [6.45, 7) is 1.13. The second-order valence-corrected chi connectivity index (χ2v) is 7.25. The smallest absolute Gasteiger partial charge is 0.350 e. The van der Waals surface area contributed by atoms with Crippen LogP contribution in [0.3, 0.4) is 0 Å². The first-order chi connectivity index (χ1) is 14.0. The number of para-hydroxylation sites is 1. The molecule has 0 aliphatic carbocycles. The minimum absolute atomic E-state index is 0.0375. The van der Waals surface area contributed by atoms with Gasteiger partial charge in [0.1, 0.15) is 11.4 Å². The lowest BCUT2D eigenvalue weighted by molar-refractivity contribution is 0.0700. The third-order valence-corrected chi connectivity index (χ3v) is 5.26. The molecule has 1 fully saturated rings. The van der Waals surface area contributed by atoms with E-state index in [9.17, 15) is 9.59 Å². The number of methoxy groups -OCH3 is 1. The van der Waals surface area contributed by atoms with Crippen molar-refractivity contribution < 1.29 is 9.53 Å². The van der Waals surface area contributed by atoms with Crippen molar-refractivity contribution >= 4 is 5.91 Å². The monoisotopic (exact) mass is 396 g/mol. The average Bonchev–Trinajstić information content (AvgIpc) is 3.27. The van der Waals surface area contributed by atoms with Crippen molar-refractivity contribution in [2.45, 2.75) is 18.8 Å². The van der Waals surface area contributed by atoms with Crippen LogP contribution in [-0.4, -0.2) is 55.1 Å². The number of aryl methyl sites for hydroxylation is 2. The van der Waals surface area contributed by atoms with Crippen molar-refractivity contribution in [1.29, 1.82) is 0 Å². The first kappa shape index (κ1) is 19.0. The second-order valence-electron chi connectivity index (χ2n) is 7.25. The van der Waals surface area contributed by atoms with Crippen LogP contribution in [0.25, 0.3) is 5.69 Å². The highest BCUT2D eigenvalue weighted by molar-refractivity contribution is 5.96. The molecule has 0 radical (unpaired) electrons. The number of carbonyl (C=O) groups excluding carboxylic acids is 1. The van der Waals surface area contributed by atoms with Crippen LogP contribution in [0.15, 0.2) is 41.3 Å². The standard InChI is InChI=1S/C20H24N6O3/c1-23-13-16(18(22-23)29-3)19(27)25-11-7-8-14(12-25)17-21-24(2)20(28)26(17)15-9-5-4-6-10-15/h4-6,9-10,13-14H,7-8,11-12H2,1-3H3. The molecule has 3 heterocycles. The van der Waals surface area contributed by atoms with Gasteiger partial charge in [-0.25, -0.2) is 14.0 Å². The normalized spacial score (nSPS) is 16.8. The van der Waals surface area contributed by atoms with Crippen molar-refractivity contribution in [3.05, 3.63) is 58.4 Å². The molecule has 1 unspecified atom stereocenters. The molecule has 1 aliphatic rings. The van der Waals surface area contributed by atoms with Crippen LogP contribution in [0.5, 0.6) is 5.88 Å². The maximum atomic E-state index is 13.1. The summed E-state index contributed by atoms with van der Waals surface area (Å²) >= 11 is 0. The van der Waals surface area contributed by atoms with Crippen LogP contribution in [0, 0.1) is 0 Å². The number of aromatic nitrogens is 5. The summed E-state index contributed by atoms with van der Waals surface area (Å²) in [6, 6.07) is 9.47. The van der Waals surface area contributed by atoms with Crippen LogP contribution in [0.1, 0.15) is 34.9 Å². The highest BCUT2D eigenvalue weighted by Crippen LogP contribution is 2.28. The lowest BCUT2D eigenvalue weighted by Crippen LogP contribution is -2.40. The van der Waals surface area contributed by atoms with E-state index in [-0.39, 0.29) is 17.5 Å². The largest absolute Gasteiger partial charge is 0.479 e. The van der Waals surface area contributed by atoms with Gasteiger partial charge < -0.3 is 9.64 Å². The molecule has 1 atom stereocenters. The van der Waals surface area contributed by atoms with Crippen LogP contribution in [-0.2, 0) is 14.1 Å². The lowest BCUT2D eigenvalue weighted by atomic mass is 9.96. The van der Waals surface area contributed by atoms with E-state index >= 15 is 0 Å². The number of amides is 1. The maximum absolute atomic E-state index is 13.1. The topological polar surface area (TPSA) is 87.2 Å². The summed E-state index contributed by atoms with van der Waals surface area (Å²) < 4.78 is 9.81. The molecule has 1 aliphatic heterocycles. The molecule has 9 heteroatoms. The van der Waals surface area contributed by atoms with Gasteiger partial charge in [0.2, 0.25) is 5.88 Å². The van der Waals surface area contributed by atoms with E-state index in [2.05, 4.69) is 10.2 Å². The number of benzene rings is 1. The molecule has 1 saturated heterocycles. The van der Waals surface area contributed by atoms with Crippen LogP contribution < -0.4 is 10.4 Å². The highest BCUT2D eigenvalue weighted by atomic mass is 16.5. The van der Waals surface area contributed by atoms with Gasteiger partial charge in [-0.05, 0) is 25.0 Å². The van der Waals surface area contributed by atoms with Crippen LogP contribution in [0.4, 0.5) is 0 Å². The van der Waals surface area contributed by atoms with Crippen molar-refractivity contribution in [2.75, 3.05) is 20.2 Å². The zero-order valence-corrected chi connectivity index (χ0v) is 16.8. The average molecular weight is 396 g/mol. The van der Waals surface area contributed by atoms with Gasteiger partial charge in [0.25, 0.3) is 5.91 Å². The molecule has 4 rings (SSSR count). The Bertz CT molecular complexity index is 1080. The molecule has 0 N–H and O–H groups in total. The summed E-state index contributed by atoms with van der Waals surface area (Å²) in [5, 5.41) is 8.68. The summed E-state index contributed by atoms with van der Waals surface area (Å²) in [5.74, 6) is 0.840. The number of ether oxygens (including phenoxy) is 1. The fraction of sp³-hybridized carbons (Fsp3) is 0.400. The number of carbonyl (C=O) groups is 1. The summed E-state index contributed by atoms with van der Waals surface area (Å²) in [4.78, 5) is 27.6. The van der Waals surface area contributed by atoms with Crippen molar-refractivity contribution in [3.63, 3.8) is 0 Å². The van der Waals surface area contributed by atoms with E-state index < -0.39 is 0 Å². The molecule has 152 valence electrons. The van der Waals surface area contributed by atoms with Gasteiger partial charge in [-0.15, -0.1) is 5.10 Å². The van der Waals surface area contributed by atoms with E-state index in [1.807, 2.05) is 30.3 Å². The van der Waals surface area contributed by atoms with Crippen LogP contribution in [0.2, 0.25) is 0 Å². The molecule has 2 aromatic heterocycles. The minimum Gasteiger partial charge on any atom is -0.479 e. The Balaban J connectivity index is 1.65. The minimum atomic E-state index is -0.191. The Hall–Kier alpha value is -3.36. The van der Waals surface area contributed by atoms with Gasteiger partial charge in [-0.1, -0.05) is 18.2 Å². The Morgan fingerprint density at radius 1 is 1.17 bits per heavy atom. The lowest BCUT2D eigenvalue weighted by Gasteiger charge is -2.32. The Morgan fingerprint density at radius 3 is 2.66 bits per heavy atom. The van der Waals surface area contributed by atoms with Gasteiger partial charge in [0, 0.05) is 39.3 Å². The third kappa shape index (κ3) is 3.43. The number of piperidine rings is 1. The van der Waals surface area contributed by atoms with E-state index in [0.717, 1.165) is 18.5 Å². The van der Waals surface area contributed by atoms with Gasteiger partial charge in [0.15, 0.2) is 0 Å². The predicted octanol–water partition coefficient (Wildman–Crippen LogP) is 1.33. The van der Waals surface area contributed by atoms with Gasteiger partial charge in [-0.2, -0.15) is 5.10 Å². The Labute approximate surface area is 168 Å². The number of likely N-dealkylation sites (tertiary alicyclic amines) is 1. The highest BCUT2D eigenvalue weighted by Gasteiger charge is 2.31. The van der Waals surface area contributed by atoms with Gasteiger partial charge in [0.05, 0.1) is 12.8 Å². The molecule has 1 aromatic carbocycles. The molecular formula is C20H24N6O3. The van der Waals surface area contributed by atoms with Gasteiger partial charge >= 0.3 is 5.69 Å². The zero-order chi connectivity index (χ0) is 20.5. The fourth-order valence-electron chi connectivity index (χ4n) is 3.88. The SMILES string of the molecule is COc1nn(C)cc1C(=O)N1CCCC(c2nn(C)c(=O)n2-c2ccccc2)C1. The van der Waals surface area contributed by atoms with E-state index in [4.69, 9.17) is 4.74 Å².